The lowest BCUT2D eigenvalue weighted by molar-refractivity contribution is 0.688. The first-order chi connectivity index (χ1) is 7.86. The topological polar surface area (TPSA) is 56.7 Å². The highest BCUT2D eigenvalue weighted by atomic mass is 32.2. The summed E-state index contributed by atoms with van der Waals surface area (Å²) in [6.07, 6.45) is 0. The fourth-order valence-corrected chi connectivity index (χ4v) is 2.91. The normalized spacial score (nSPS) is 10.9. The Labute approximate surface area is 103 Å². The quantitative estimate of drug-likeness (QED) is 0.830. The zero-order valence-corrected chi connectivity index (χ0v) is 10.7. The Morgan fingerprint density at radius 2 is 2.38 bits per heavy atom. The number of hydrogen-bond acceptors (Lipinski definition) is 5. The van der Waals surface area contributed by atoms with E-state index in [-0.39, 0.29) is 0 Å². The number of nitrogens with zero attached hydrogens (tertiary/aromatic N) is 3. The molecule has 6 heteroatoms. The van der Waals surface area contributed by atoms with Crippen molar-refractivity contribution in [2.24, 2.45) is 5.73 Å². The van der Waals surface area contributed by atoms with E-state index < -0.39 is 0 Å². The zero-order valence-electron chi connectivity index (χ0n) is 9.09. The Bertz CT molecular complexity index is 436. The van der Waals surface area contributed by atoms with Gasteiger partial charge < -0.3 is 10.3 Å². The van der Waals surface area contributed by atoms with Gasteiger partial charge in [-0.25, -0.2) is 0 Å². The third-order valence-electron chi connectivity index (χ3n) is 2.12. The molecular formula is C10H14N4S2. The van der Waals surface area contributed by atoms with Crippen LogP contribution >= 0.6 is 23.1 Å². The van der Waals surface area contributed by atoms with Crippen LogP contribution in [0.5, 0.6) is 0 Å². The van der Waals surface area contributed by atoms with E-state index in [1.54, 1.807) is 23.1 Å². The van der Waals surface area contributed by atoms with Gasteiger partial charge in [-0.15, -0.1) is 21.5 Å². The molecule has 0 spiro atoms. The van der Waals surface area contributed by atoms with E-state index in [4.69, 9.17) is 5.73 Å². The molecule has 0 unspecified atom stereocenters. The van der Waals surface area contributed by atoms with Gasteiger partial charge in [0.15, 0.2) is 11.0 Å². The first-order valence-corrected chi connectivity index (χ1v) is 7.03. The minimum atomic E-state index is 0.662. The summed E-state index contributed by atoms with van der Waals surface area (Å²) < 4.78 is 2.13. The van der Waals surface area contributed by atoms with Crippen molar-refractivity contribution in [2.75, 3.05) is 12.3 Å². The molecule has 2 heterocycles. The fourth-order valence-electron chi connectivity index (χ4n) is 1.42. The molecule has 2 N–H and O–H groups in total. The molecule has 0 fully saturated rings. The van der Waals surface area contributed by atoms with Gasteiger partial charge >= 0.3 is 0 Å². The van der Waals surface area contributed by atoms with E-state index in [0.717, 1.165) is 28.2 Å². The van der Waals surface area contributed by atoms with Crippen molar-refractivity contribution in [3.8, 4) is 10.7 Å². The maximum atomic E-state index is 5.49. The molecule has 0 atom stereocenters. The summed E-state index contributed by atoms with van der Waals surface area (Å²) in [5.41, 5.74) is 5.49. The first-order valence-electron chi connectivity index (χ1n) is 5.16. The number of rotatable bonds is 5. The number of aromatic nitrogens is 3. The summed E-state index contributed by atoms with van der Waals surface area (Å²) in [6.45, 7) is 3.65. The number of thiophene rings is 1. The molecule has 2 rings (SSSR count). The van der Waals surface area contributed by atoms with E-state index in [9.17, 15) is 0 Å². The second-order valence-corrected chi connectivity index (χ2v) is 5.17. The summed E-state index contributed by atoms with van der Waals surface area (Å²) in [5, 5.41) is 11.5. The third kappa shape index (κ3) is 2.28. The van der Waals surface area contributed by atoms with Crippen molar-refractivity contribution in [1.29, 1.82) is 0 Å². The van der Waals surface area contributed by atoms with Gasteiger partial charge in [-0.3, -0.25) is 0 Å². The smallest absolute Gasteiger partial charge is 0.191 e. The van der Waals surface area contributed by atoms with Crippen LogP contribution < -0.4 is 5.73 Å². The lowest BCUT2D eigenvalue weighted by Crippen LogP contribution is -2.04. The Hall–Kier alpha value is -0.850. The average Bonchev–Trinajstić information content (AvgIpc) is 2.94. The van der Waals surface area contributed by atoms with Crippen molar-refractivity contribution in [3.05, 3.63) is 17.5 Å². The Kier molecular flexibility index (Phi) is 3.98. The van der Waals surface area contributed by atoms with Crippen molar-refractivity contribution in [1.82, 2.24) is 14.8 Å². The average molecular weight is 254 g/mol. The highest BCUT2D eigenvalue weighted by Gasteiger charge is 2.12. The molecule has 0 radical (unpaired) electrons. The van der Waals surface area contributed by atoms with Crippen molar-refractivity contribution < 1.29 is 0 Å². The SMILES string of the molecule is CCn1c(SCCN)nnc1-c1cccs1. The van der Waals surface area contributed by atoms with Crippen molar-refractivity contribution in [2.45, 2.75) is 18.6 Å². The Morgan fingerprint density at radius 1 is 1.50 bits per heavy atom. The molecule has 0 aliphatic heterocycles. The van der Waals surface area contributed by atoms with Crippen LogP contribution in [0, 0.1) is 0 Å². The molecule has 0 aliphatic carbocycles. The van der Waals surface area contributed by atoms with Crippen LogP contribution in [0.3, 0.4) is 0 Å². The molecule has 0 saturated heterocycles. The highest BCUT2D eigenvalue weighted by molar-refractivity contribution is 7.99. The summed E-state index contributed by atoms with van der Waals surface area (Å²) in [7, 11) is 0. The monoisotopic (exact) mass is 254 g/mol. The Morgan fingerprint density at radius 3 is 3.00 bits per heavy atom. The maximum absolute atomic E-state index is 5.49. The summed E-state index contributed by atoms with van der Waals surface area (Å²) in [4.78, 5) is 1.16. The van der Waals surface area contributed by atoms with E-state index >= 15 is 0 Å². The van der Waals surface area contributed by atoms with E-state index in [1.165, 1.54) is 0 Å². The number of hydrogen-bond donors (Lipinski definition) is 1. The molecule has 0 aromatic carbocycles. The van der Waals surface area contributed by atoms with E-state index in [0.29, 0.717) is 6.54 Å². The standard InChI is InChI=1S/C10H14N4S2/c1-2-14-9(8-4-3-6-15-8)12-13-10(14)16-7-5-11/h3-4,6H,2,5,7,11H2,1H3. The fraction of sp³-hybridized carbons (Fsp3) is 0.400. The molecule has 16 heavy (non-hydrogen) atoms. The van der Waals surface area contributed by atoms with Gasteiger partial charge in [-0.05, 0) is 18.4 Å². The second-order valence-electron chi connectivity index (χ2n) is 3.16. The number of nitrogens with two attached hydrogens (primary N) is 1. The Balaban J connectivity index is 2.29. The van der Waals surface area contributed by atoms with Crippen molar-refractivity contribution in [3.63, 3.8) is 0 Å². The maximum Gasteiger partial charge on any atom is 0.191 e. The lowest BCUT2D eigenvalue weighted by Gasteiger charge is -2.04. The molecule has 0 bridgehead atoms. The van der Waals surface area contributed by atoms with Crippen LogP contribution in [-0.4, -0.2) is 27.1 Å². The van der Waals surface area contributed by atoms with Crippen LogP contribution in [0.1, 0.15) is 6.92 Å². The third-order valence-corrected chi connectivity index (χ3v) is 3.99. The van der Waals surface area contributed by atoms with Gasteiger partial charge in [0.25, 0.3) is 0 Å². The summed E-state index contributed by atoms with van der Waals surface area (Å²) >= 11 is 3.34. The summed E-state index contributed by atoms with van der Waals surface area (Å²) in [6, 6.07) is 4.10. The molecular weight excluding hydrogens is 240 g/mol. The van der Waals surface area contributed by atoms with Gasteiger partial charge in [-0.2, -0.15) is 0 Å². The van der Waals surface area contributed by atoms with Crippen LogP contribution in [0.2, 0.25) is 0 Å². The van der Waals surface area contributed by atoms with Crippen LogP contribution in [-0.2, 0) is 6.54 Å². The number of thioether (sulfide) groups is 1. The van der Waals surface area contributed by atoms with E-state index in [2.05, 4.69) is 33.1 Å². The zero-order chi connectivity index (χ0) is 11.4. The largest absolute Gasteiger partial charge is 0.330 e. The van der Waals surface area contributed by atoms with Gasteiger partial charge in [0.2, 0.25) is 0 Å². The van der Waals surface area contributed by atoms with Crippen LogP contribution in [0.4, 0.5) is 0 Å². The molecule has 2 aromatic rings. The highest BCUT2D eigenvalue weighted by Crippen LogP contribution is 2.26. The molecule has 4 nitrogen and oxygen atoms in total. The second kappa shape index (κ2) is 5.47. The minimum absolute atomic E-state index is 0.662. The van der Waals surface area contributed by atoms with Crippen LogP contribution in [0.15, 0.2) is 22.7 Å². The summed E-state index contributed by atoms with van der Waals surface area (Å²) in [5.74, 6) is 1.83. The van der Waals surface area contributed by atoms with E-state index in [1.807, 2.05) is 6.07 Å². The minimum Gasteiger partial charge on any atom is -0.330 e. The first kappa shape index (κ1) is 11.6. The van der Waals surface area contributed by atoms with Gasteiger partial charge in [-0.1, -0.05) is 17.8 Å². The lowest BCUT2D eigenvalue weighted by atomic mass is 10.4. The van der Waals surface area contributed by atoms with Gasteiger partial charge in [0.05, 0.1) is 4.88 Å². The molecule has 0 aliphatic rings. The molecule has 2 aromatic heterocycles. The van der Waals surface area contributed by atoms with Crippen LogP contribution in [0.25, 0.3) is 10.7 Å². The van der Waals surface area contributed by atoms with Gasteiger partial charge in [0, 0.05) is 18.8 Å². The molecule has 86 valence electrons. The predicted molar refractivity (Wildman–Crippen MR) is 68.8 cm³/mol. The van der Waals surface area contributed by atoms with Gasteiger partial charge in [0.1, 0.15) is 0 Å². The predicted octanol–water partition coefficient (Wildman–Crippen LogP) is 2.08. The molecule has 0 amide bonds. The van der Waals surface area contributed by atoms with Crippen molar-refractivity contribution >= 4 is 23.1 Å². The molecule has 0 saturated carbocycles.